The Balaban J connectivity index is 3.29. The van der Waals surface area contributed by atoms with Crippen LogP contribution in [0.15, 0.2) is 12.1 Å². The van der Waals surface area contributed by atoms with Crippen molar-refractivity contribution in [3.63, 3.8) is 0 Å². The van der Waals surface area contributed by atoms with Crippen molar-refractivity contribution >= 4 is 5.78 Å². The lowest BCUT2D eigenvalue weighted by molar-refractivity contribution is -0.126. The van der Waals surface area contributed by atoms with Gasteiger partial charge >= 0.3 is 0 Å². The molecular weight excluding hydrogens is 224 g/mol. The molecule has 1 aromatic rings. The summed E-state index contributed by atoms with van der Waals surface area (Å²) < 4.78 is 15.1. The topological polar surface area (TPSA) is 65.0 Å². The Hall–Kier alpha value is -1.75. The van der Waals surface area contributed by atoms with Gasteiger partial charge in [-0.05, 0) is 24.6 Å². The third kappa shape index (κ3) is 2.68. The van der Waals surface area contributed by atoms with E-state index in [1.807, 2.05) is 0 Å². The van der Waals surface area contributed by atoms with Gasteiger partial charge in [0.1, 0.15) is 6.10 Å². The van der Waals surface area contributed by atoms with E-state index in [2.05, 4.69) is 0 Å². The van der Waals surface area contributed by atoms with Crippen molar-refractivity contribution in [2.24, 2.45) is 0 Å². The van der Waals surface area contributed by atoms with Gasteiger partial charge in [0.2, 0.25) is 5.75 Å². The van der Waals surface area contributed by atoms with Crippen LogP contribution in [0, 0.1) is 0 Å². The summed E-state index contributed by atoms with van der Waals surface area (Å²) in [5.74, 6) is 0.241. The summed E-state index contributed by atoms with van der Waals surface area (Å²) in [5.41, 5.74) is 0.575. The molecular formula is C12H16O5. The van der Waals surface area contributed by atoms with Crippen molar-refractivity contribution in [3.05, 3.63) is 17.7 Å². The summed E-state index contributed by atoms with van der Waals surface area (Å²) in [7, 11) is 4.29. The van der Waals surface area contributed by atoms with Gasteiger partial charge in [-0.15, -0.1) is 0 Å². The number of phenolic OH excluding ortho intramolecular Hbond substituents is 1. The molecule has 1 aromatic carbocycles. The number of carbonyl (C=O) groups is 1. The van der Waals surface area contributed by atoms with Crippen LogP contribution in [0.1, 0.15) is 18.6 Å². The minimum Gasteiger partial charge on any atom is -0.502 e. The lowest BCUT2D eigenvalue weighted by Gasteiger charge is -2.16. The first kappa shape index (κ1) is 13.3. The molecule has 0 aliphatic rings. The first-order chi connectivity index (χ1) is 8.04. The molecule has 1 unspecified atom stereocenters. The van der Waals surface area contributed by atoms with Gasteiger partial charge in [0.15, 0.2) is 17.3 Å². The lowest BCUT2D eigenvalue weighted by Crippen LogP contribution is -2.11. The highest BCUT2D eigenvalue weighted by Crippen LogP contribution is 2.39. The molecule has 0 bridgehead atoms. The van der Waals surface area contributed by atoms with Crippen LogP contribution in [0.2, 0.25) is 0 Å². The molecule has 1 N–H and O–H groups in total. The molecule has 0 heterocycles. The van der Waals surface area contributed by atoms with Crippen molar-refractivity contribution in [1.29, 1.82) is 0 Å². The standard InChI is InChI=1S/C12H16O5/c1-7(13)12(17-4)8-5-9(15-2)11(14)10(6-8)16-3/h5-6,12,14H,1-4H3. The van der Waals surface area contributed by atoms with Gasteiger partial charge in [-0.2, -0.15) is 0 Å². The highest BCUT2D eigenvalue weighted by molar-refractivity contribution is 5.82. The van der Waals surface area contributed by atoms with E-state index in [4.69, 9.17) is 14.2 Å². The zero-order valence-corrected chi connectivity index (χ0v) is 10.3. The molecule has 0 aliphatic heterocycles. The normalized spacial score (nSPS) is 12.0. The molecule has 1 atom stereocenters. The number of hydrogen-bond acceptors (Lipinski definition) is 5. The average molecular weight is 240 g/mol. The summed E-state index contributed by atoms with van der Waals surface area (Å²) in [4.78, 5) is 11.4. The third-order valence-electron chi connectivity index (χ3n) is 2.41. The maximum absolute atomic E-state index is 11.4. The number of ketones is 1. The predicted molar refractivity (Wildman–Crippen MR) is 61.6 cm³/mol. The van der Waals surface area contributed by atoms with Crippen molar-refractivity contribution in [1.82, 2.24) is 0 Å². The number of benzene rings is 1. The lowest BCUT2D eigenvalue weighted by atomic mass is 10.0. The molecule has 94 valence electrons. The Kier molecular flexibility index (Phi) is 4.34. The van der Waals surface area contributed by atoms with Gasteiger partial charge in [-0.25, -0.2) is 0 Å². The van der Waals surface area contributed by atoms with Crippen molar-refractivity contribution in [2.75, 3.05) is 21.3 Å². The first-order valence-electron chi connectivity index (χ1n) is 5.03. The molecule has 17 heavy (non-hydrogen) atoms. The van der Waals surface area contributed by atoms with Crippen molar-refractivity contribution in [2.45, 2.75) is 13.0 Å². The second-order valence-corrected chi connectivity index (χ2v) is 3.50. The number of carbonyl (C=O) groups excluding carboxylic acids is 1. The Morgan fingerprint density at radius 3 is 1.94 bits per heavy atom. The fourth-order valence-electron chi connectivity index (χ4n) is 1.60. The van der Waals surface area contributed by atoms with Gasteiger partial charge in [0.25, 0.3) is 0 Å². The van der Waals surface area contributed by atoms with E-state index in [0.29, 0.717) is 5.56 Å². The van der Waals surface area contributed by atoms with Crippen molar-refractivity contribution < 1.29 is 24.1 Å². The van der Waals surface area contributed by atoms with Gasteiger partial charge in [-0.3, -0.25) is 4.79 Å². The number of ether oxygens (including phenoxy) is 3. The maximum atomic E-state index is 11.4. The molecule has 0 radical (unpaired) electrons. The molecule has 0 saturated carbocycles. The quantitative estimate of drug-likeness (QED) is 0.848. The van der Waals surface area contributed by atoms with E-state index < -0.39 is 6.10 Å². The number of Topliss-reactive ketones (excluding diaryl/α,β-unsaturated/α-hetero) is 1. The Bertz CT molecular complexity index is 388. The van der Waals surface area contributed by atoms with E-state index in [1.165, 1.54) is 28.3 Å². The van der Waals surface area contributed by atoms with E-state index in [0.717, 1.165) is 0 Å². The van der Waals surface area contributed by atoms with Gasteiger partial charge in [0.05, 0.1) is 14.2 Å². The number of hydrogen-bond donors (Lipinski definition) is 1. The Labute approximate surface area is 99.9 Å². The molecule has 0 amide bonds. The van der Waals surface area contributed by atoms with Gasteiger partial charge in [-0.1, -0.05) is 0 Å². The summed E-state index contributed by atoms with van der Waals surface area (Å²) in [6.45, 7) is 1.43. The second-order valence-electron chi connectivity index (χ2n) is 3.50. The van der Waals surface area contributed by atoms with Crippen LogP contribution in [0.5, 0.6) is 17.2 Å². The number of phenols is 1. The van der Waals surface area contributed by atoms with Crippen LogP contribution in [0.25, 0.3) is 0 Å². The predicted octanol–water partition coefficient (Wildman–Crippen LogP) is 1.69. The monoisotopic (exact) mass is 240 g/mol. The van der Waals surface area contributed by atoms with Crippen LogP contribution in [-0.2, 0) is 9.53 Å². The maximum Gasteiger partial charge on any atom is 0.200 e. The zero-order valence-electron chi connectivity index (χ0n) is 10.3. The van der Waals surface area contributed by atoms with Crippen LogP contribution >= 0.6 is 0 Å². The highest BCUT2D eigenvalue weighted by Gasteiger charge is 2.20. The van der Waals surface area contributed by atoms with E-state index in [1.54, 1.807) is 12.1 Å². The molecule has 1 rings (SSSR count). The number of aromatic hydroxyl groups is 1. The van der Waals surface area contributed by atoms with Crippen LogP contribution in [-0.4, -0.2) is 32.2 Å². The SMILES string of the molecule is COc1cc(C(OC)C(C)=O)cc(OC)c1O. The molecule has 0 saturated heterocycles. The fourth-order valence-corrected chi connectivity index (χ4v) is 1.60. The van der Waals surface area contributed by atoms with Crippen molar-refractivity contribution in [3.8, 4) is 17.2 Å². The second kappa shape index (κ2) is 5.54. The summed E-state index contributed by atoms with van der Waals surface area (Å²) >= 11 is 0. The minimum absolute atomic E-state index is 0.0999. The van der Waals surface area contributed by atoms with E-state index >= 15 is 0 Å². The van der Waals surface area contributed by atoms with Crippen LogP contribution in [0.4, 0.5) is 0 Å². The van der Waals surface area contributed by atoms with Crippen LogP contribution in [0.3, 0.4) is 0 Å². The van der Waals surface area contributed by atoms with Crippen LogP contribution < -0.4 is 9.47 Å². The largest absolute Gasteiger partial charge is 0.502 e. The molecule has 0 fully saturated rings. The van der Waals surface area contributed by atoms with E-state index in [9.17, 15) is 9.90 Å². The summed E-state index contributed by atoms with van der Waals surface area (Å²) in [5, 5.41) is 9.73. The minimum atomic E-state index is -0.696. The molecule has 5 nitrogen and oxygen atoms in total. The Morgan fingerprint density at radius 1 is 1.18 bits per heavy atom. The zero-order chi connectivity index (χ0) is 13.0. The molecule has 0 aromatic heterocycles. The van der Waals surface area contributed by atoms with Gasteiger partial charge < -0.3 is 19.3 Å². The van der Waals surface area contributed by atoms with Gasteiger partial charge in [0, 0.05) is 7.11 Å². The summed E-state index contributed by atoms with van der Waals surface area (Å²) in [6, 6.07) is 3.10. The molecule has 0 spiro atoms. The molecule has 0 aliphatic carbocycles. The fraction of sp³-hybridized carbons (Fsp3) is 0.417. The summed E-state index contributed by atoms with van der Waals surface area (Å²) in [6.07, 6.45) is -0.696. The number of methoxy groups -OCH3 is 3. The average Bonchev–Trinajstić information content (AvgIpc) is 2.31. The first-order valence-corrected chi connectivity index (χ1v) is 5.03. The molecule has 5 heteroatoms. The Morgan fingerprint density at radius 2 is 1.65 bits per heavy atom. The number of rotatable bonds is 5. The third-order valence-corrected chi connectivity index (χ3v) is 2.41. The smallest absolute Gasteiger partial charge is 0.200 e. The highest BCUT2D eigenvalue weighted by atomic mass is 16.5. The van der Waals surface area contributed by atoms with E-state index in [-0.39, 0.29) is 23.0 Å².